The SMILES string of the molecule is O=C(c1n[nH]c2ccccc12)N1CCOC2(CCN(CC=Cc3ccccc3)C2)C1. The molecule has 1 atom stereocenters. The van der Waals surface area contributed by atoms with Crippen LogP contribution in [-0.2, 0) is 4.74 Å². The fraction of sp³-hybridized carbons (Fsp3) is 0.333. The average molecular weight is 402 g/mol. The molecule has 5 rings (SSSR count). The van der Waals surface area contributed by atoms with Crippen molar-refractivity contribution in [3.63, 3.8) is 0 Å². The predicted molar refractivity (Wildman–Crippen MR) is 117 cm³/mol. The number of fused-ring (bicyclic) bond motifs is 1. The van der Waals surface area contributed by atoms with E-state index in [0.717, 1.165) is 37.0 Å². The Balaban J connectivity index is 1.24. The van der Waals surface area contributed by atoms with Crippen molar-refractivity contribution in [2.45, 2.75) is 12.0 Å². The van der Waals surface area contributed by atoms with Crippen LogP contribution in [0.15, 0.2) is 60.7 Å². The topological polar surface area (TPSA) is 61.5 Å². The molecule has 2 fully saturated rings. The number of morpholine rings is 1. The number of likely N-dealkylation sites (tertiary alicyclic amines) is 1. The van der Waals surface area contributed by atoms with Crippen molar-refractivity contribution in [2.24, 2.45) is 0 Å². The summed E-state index contributed by atoms with van der Waals surface area (Å²) in [5.41, 5.74) is 2.33. The molecule has 2 aromatic carbocycles. The molecule has 1 amide bonds. The molecule has 154 valence electrons. The lowest BCUT2D eigenvalue weighted by Gasteiger charge is -2.40. The van der Waals surface area contributed by atoms with Crippen LogP contribution in [0.5, 0.6) is 0 Å². The first-order valence-corrected chi connectivity index (χ1v) is 10.5. The third kappa shape index (κ3) is 3.76. The van der Waals surface area contributed by atoms with Crippen molar-refractivity contribution in [1.29, 1.82) is 0 Å². The Labute approximate surface area is 176 Å². The number of aromatic amines is 1. The molecule has 2 aliphatic heterocycles. The minimum absolute atomic E-state index is 0.0162. The molecule has 1 spiro atoms. The number of para-hydroxylation sites is 1. The Kier molecular flexibility index (Phi) is 5.11. The maximum absolute atomic E-state index is 13.2. The van der Waals surface area contributed by atoms with Gasteiger partial charge >= 0.3 is 0 Å². The number of nitrogens with one attached hydrogen (secondary N) is 1. The van der Waals surface area contributed by atoms with Gasteiger partial charge in [-0.05, 0) is 18.1 Å². The van der Waals surface area contributed by atoms with E-state index in [0.29, 0.717) is 25.4 Å². The van der Waals surface area contributed by atoms with Gasteiger partial charge in [0.25, 0.3) is 5.91 Å². The number of ether oxygens (including phenoxy) is 1. The monoisotopic (exact) mass is 402 g/mol. The van der Waals surface area contributed by atoms with E-state index < -0.39 is 0 Å². The number of hydrogen-bond donors (Lipinski definition) is 1. The van der Waals surface area contributed by atoms with Gasteiger partial charge in [-0.1, -0.05) is 60.7 Å². The van der Waals surface area contributed by atoms with Crippen molar-refractivity contribution in [1.82, 2.24) is 20.0 Å². The summed E-state index contributed by atoms with van der Waals surface area (Å²) in [6.07, 6.45) is 5.30. The first kappa shape index (κ1) is 19.0. The molecule has 1 unspecified atom stereocenters. The van der Waals surface area contributed by atoms with E-state index in [1.165, 1.54) is 5.56 Å². The minimum atomic E-state index is -0.277. The summed E-state index contributed by atoms with van der Waals surface area (Å²) in [7, 11) is 0. The van der Waals surface area contributed by atoms with Gasteiger partial charge in [0.2, 0.25) is 0 Å². The highest BCUT2D eigenvalue weighted by atomic mass is 16.5. The van der Waals surface area contributed by atoms with Crippen LogP contribution in [0.1, 0.15) is 22.5 Å². The summed E-state index contributed by atoms with van der Waals surface area (Å²) in [6.45, 7) is 4.51. The van der Waals surface area contributed by atoms with E-state index in [1.54, 1.807) is 0 Å². The highest BCUT2D eigenvalue weighted by Crippen LogP contribution is 2.30. The lowest BCUT2D eigenvalue weighted by Crippen LogP contribution is -2.55. The minimum Gasteiger partial charge on any atom is -0.370 e. The van der Waals surface area contributed by atoms with Crippen molar-refractivity contribution in [3.8, 4) is 0 Å². The average Bonchev–Trinajstić information content (AvgIpc) is 3.38. The summed E-state index contributed by atoms with van der Waals surface area (Å²) in [4.78, 5) is 17.5. The second-order valence-electron chi connectivity index (χ2n) is 8.17. The summed E-state index contributed by atoms with van der Waals surface area (Å²) in [6, 6.07) is 18.1. The molecule has 0 aliphatic carbocycles. The number of rotatable bonds is 4. The molecule has 2 aliphatic rings. The Morgan fingerprint density at radius 2 is 1.93 bits per heavy atom. The van der Waals surface area contributed by atoms with Crippen LogP contribution in [0.25, 0.3) is 17.0 Å². The van der Waals surface area contributed by atoms with Crippen LogP contribution in [0.4, 0.5) is 0 Å². The molecule has 0 saturated carbocycles. The normalized spacial score (nSPS) is 22.5. The van der Waals surface area contributed by atoms with Crippen LogP contribution in [0.2, 0.25) is 0 Å². The van der Waals surface area contributed by atoms with Crippen LogP contribution >= 0.6 is 0 Å². The third-order valence-electron chi connectivity index (χ3n) is 6.08. The van der Waals surface area contributed by atoms with Gasteiger partial charge in [-0.3, -0.25) is 14.8 Å². The molecular weight excluding hydrogens is 376 g/mol. The first-order valence-electron chi connectivity index (χ1n) is 10.5. The second kappa shape index (κ2) is 8.05. The summed E-state index contributed by atoms with van der Waals surface area (Å²) in [5.74, 6) is -0.0162. The van der Waals surface area contributed by atoms with Gasteiger partial charge in [-0.2, -0.15) is 5.10 Å². The number of amides is 1. The molecule has 1 aromatic heterocycles. The van der Waals surface area contributed by atoms with Gasteiger partial charge in [0.15, 0.2) is 5.69 Å². The number of H-pyrrole nitrogens is 1. The summed E-state index contributed by atoms with van der Waals surface area (Å²) >= 11 is 0. The van der Waals surface area contributed by atoms with Crippen molar-refractivity contribution >= 4 is 22.9 Å². The smallest absolute Gasteiger partial charge is 0.275 e. The standard InChI is InChI=1S/C24H26N4O2/c29-23(22-20-10-4-5-11-21(20)25-26-22)28-15-16-30-24(18-28)12-14-27(17-24)13-6-9-19-7-2-1-3-8-19/h1-11H,12-18H2,(H,25,26). The van der Waals surface area contributed by atoms with Crippen molar-refractivity contribution < 1.29 is 9.53 Å². The lowest BCUT2D eigenvalue weighted by atomic mass is 10.00. The van der Waals surface area contributed by atoms with Gasteiger partial charge in [-0.15, -0.1) is 0 Å². The zero-order valence-electron chi connectivity index (χ0n) is 17.0. The molecule has 1 N–H and O–H groups in total. The molecule has 6 heteroatoms. The number of aromatic nitrogens is 2. The van der Waals surface area contributed by atoms with E-state index in [9.17, 15) is 4.79 Å². The van der Waals surface area contributed by atoms with Crippen LogP contribution in [0, 0.1) is 0 Å². The van der Waals surface area contributed by atoms with E-state index in [2.05, 4.69) is 51.5 Å². The zero-order valence-corrected chi connectivity index (χ0v) is 17.0. The molecule has 2 saturated heterocycles. The Hall–Kier alpha value is -2.96. The van der Waals surface area contributed by atoms with Gasteiger partial charge < -0.3 is 9.64 Å². The molecule has 0 bridgehead atoms. The largest absolute Gasteiger partial charge is 0.370 e. The van der Waals surface area contributed by atoms with Crippen LogP contribution in [-0.4, -0.2) is 70.8 Å². The molecular formula is C24H26N4O2. The highest BCUT2D eigenvalue weighted by Gasteiger charge is 2.44. The number of nitrogens with zero attached hydrogens (tertiary/aromatic N) is 3. The molecule has 30 heavy (non-hydrogen) atoms. The fourth-order valence-electron chi connectivity index (χ4n) is 4.53. The van der Waals surface area contributed by atoms with Crippen molar-refractivity contribution in [2.75, 3.05) is 39.3 Å². The highest BCUT2D eigenvalue weighted by molar-refractivity contribution is 6.04. The maximum atomic E-state index is 13.2. The summed E-state index contributed by atoms with van der Waals surface area (Å²) in [5, 5.41) is 8.14. The van der Waals surface area contributed by atoms with Crippen LogP contribution in [0.3, 0.4) is 0 Å². The molecule has 0 radical (unpaired) electrons. The maximum Gasteiger partial charge on any atom is 0.275 e. The van der Waals surface area contributed by atoms with Crippen molar-refractivity contribution in [3.05, 3.63) is 71.9 Å². The lowest BCUT2D eigenvalue weighted by molar-refractivity contribution is -0.0913. The van der Waals surface area contributed by atoms with E-state index >= 15 is 0 Å². The van der Waals surface area contributed by atoms with Gasteiger partial charge in [0.1, 0.15) is 0 Å². The number of carbonyl (C=O) groups excluding carboxylic acids is 1. The number of carbonyl (C=O) groups is 1. The van der Waals surface area contributed by atoms with Gasteiger partial charge in [0.05, 0.1) is 24.3 Å². The quantitative estimate of drug-likeness (QED) is 0.728. The van der Waals surface area contributed by atoms with Gasteiger partial charge in [0, 0.05) is 31.6 Å². The zero-order chi connectivity index (χ0) is 20.4. The van der Waals surface area contributed by atoms with E-state index in [-0.39, 0.29) is 11.5 Å². The van der Waals surface area contributed by atoms with Gasteiger partial charge in [-0.25, -0.2) is 0 Å². The molecule has 6 nitrogen and oxygen atoms in total. The number of benzene rings is 2. The van der Waals surface area contributed by atoms with Crippen LogP contribution < -0.4 is 0 Å². The van der Waals surface area contributed by atoms with E-state index in [4.69, 9.17) is 4.74 Å². The Morgan fingerprint density at radius 1 is 1.10 bits per heavy atom. The Bertz CT molecular complexity index is 1060. The second-order valence-corrected chi connectivity index (χ2v) is 8.17. The molecule has 3 aromatic rings. The fourth-order valence-corrected chi connectivity index (χ4v) is 4.53. The van der Waals surface area contributed by atoms with E-state index in [1.807, 2.05) is 35.2 Å². The summed E-state index contributed by atoms with van der Waals surface area (Å²) < 4.78 is 6.22. The molecule has 3 heterocycles. The Morgan fingerprint density at radius 3 is 2.83 bits per heavy atom. The third-order valence-corrected chi connectivity index (χ3v) is 6.08. The predicted octanol–water partition coefficient (Wildman–Crippen LogP) is 3.19. The number of hydrogen-bond acceptors (Lipinski definition) is 4. The first-order chi connectivity index (χ1) is 14.7.